The predicted molar refractivity (Wildman–Crippen MR) is 84.4 cm³/mol. The highest BCUT2D eigenvalue weighted by Gasteiger charge is 2.09. The van der Waals surface area contributed by atoms with Crippen molar-refractivity contribution in [2.24, 2.45) is 5.73 Å². The average molecular weight is 284 g/mol. The molecule has 0 aliphatic rings. The van der Waals surface area contributed by atoms with E-state index < -0.39 is 0 Å². The van der Waals surface area contributed by atoms with E-state index in [1.165, 1.54) is 0 Å². The van der Waals surface area contributed by atoms with Crippen LogP contribution in [0.1, 0.15) is 24.1 Å². The van der Waals surface area contributed by atoms with Crippen LogP contribution in [-0.2, 0) is 11.2 Å². The number of carbonyl (C=O) groups excluding carboxylic acids is 1. The maximum absolute atomic E-state index is 12.1. The van der Waals surface area contributed by atoms with Crippen molar-refractivity contribution >= 4 is 11.6 Å². The zero-order chi connectivity index (χ0) is 15.2. The minimum Gasteiger partial charge on any atom is -0.497 e. The van der Waals surface area contributed by atoms with Crippen molar-refractivity contribution in [3.8, 4) is 5.75 Å². The summed E-state index contributed by atoms with van der Waals surface area (Å²) >= 11 is 0. The maximum Gasteiger partial charge on any atom is 0.228 e. The summed E-state index contributed by atoms with van der Waals surface area (Å²) in [6, 6.07) is 14.9. The molecule has 0 aliphatic carbocycles. The molecule has 0 heterocycles. The molecule has 4 nitrogen and oxygen atoms in total. The molecule has 1 atom stereocenters. The number of nitrogens with two attached hydrogens (primary N) is 1. The van der Waals surface area contributed by atoms with Gasteiger partial charge in [0.1, 0.15) is 5.75 Å². The Balaban J connectivity index is 2.04. The SMILES string of the molecule is COc1ccc(CC(=O)Nc2ccccc2C(C)N)cc1. The minimum absolute atomic E-state index is 0.0618. The molecule has 4 heteroatoms. The summed E-state index contributed by atoms with van der Waals surface area (Å²) in [5.74, 6) is 0.717. The van der Waals surface area contributed by atoms with Crippen LogP contribution in [0, 0.1) is 0 Å². The fourth-order valence-electron chi connectivity index (χ4n) is 2.13. The number of rotatable bonds is 5. The van der Waals surface area contributed by atoms with Crippen LogP contribution in [0.15, 0.2) is 48.5 Å². The molecule has 2 aromatic carbocycles. The van der Waals surface area contributed by atoms with Gasteiger partial charge in [0.25, 0.3) is 0 Å². The normalized spacial score (nSPS) is 11.8. The Morgan fingerprint density at radius 2 is 1.86 bits per heavy atom. The first-order valence-corrected chi connectivity index (χ1v) is 6.87. The fourth-order valence-corrected chi connectivity index (χ4v) is 2.13. The standard InChI is InChI=1S/C17H20N2O2/c1-12(18)15-5-3-4-6-16(15)19-17(20)11-13-7-9-14(21-2)10-8-13/h3-10,12H,11,18H2,1-2H3,(H,19,20). The lowest BCUT2D eigenvalue weighted by Crippen LogP contribution is -2.17. The largest absolute Gasteiger partial charge is 0.497 e. The van der Waals surface area contributed by atoms with Crippen LogP contribution in [-0.4, -0.2) is 13.0 Å². The van der Waals surface area contributed by atoms with Gasteiger partial charge in [0.15, 0.2) is 0 Å². The van der Waals surface area contributed by atoms with Crippen molar-refractivity contribution in [1.29, 1.82) is 0 Å². The Hall–Kier alpha value is -2.33. The smallest absolute Gasteiger partial charge is 0.228 e. The van der Waals surface area contributed by atoms with Crippen molar-refractivity contribution in [2.75, 3.05) is 12.4 Å². The van der Waals surface area contributed by atoms with Gasteiger partial charge in [-0.25, -0.2) is 0 Å². The third-order valence-electron chi connectivity index (χ3n) is 3.25. The average Bonchev–Trinajstić information content (AvgIpc) is 2.48. The molecule has 1 unspecified atom stereocenters. The molecule has 3 N–H and O–H groups in total. The second kappa shape index (κ2) is 6.90. The van der Waals surface area contributed by atoms with E-state index in [0.717, 1.165) is 22.6 Å². The van der Waals surface area contributed by atoms with Crippen LogP contribution in [0.4, 0.5) is 5.69 Å². The van der Waals surface area contributed by atoms with Crippen LogP contribution in [0.5, 0.6) is 5.75 Å². The molecule has 2 aromatic rings. The molecule has 0 saturated carbocycles. The minimum atomic E-state index is -0.123. The molecule has 0 aliphatic heterocycles. The van der Waals surface area contributed by atoms with Gasteiger partial charge >= 0.3 is 0 Å². The first-order valence-electron chi connectivity index (χ1n) is 6.87. The summed E-state index contributed by atoms with van der Waals surface area (Å²) < 4.78 is 5.10. The van der Waals surface area contributed by atoms with Crippen LogP contribution in [0.25, 0.3) is 0 Å². The van der Waals surface area contributed by atoms with Gasteiger partial charge in [0.05, 0.1) is 13.5 Å². The summed E-state index contributed by atoms with van der Waals surface area (Å²) in [5, 5.41) is 2.92. The van der Waals surface area contributed by atoms with Gasteiger partial charge < -0.3 is 15.8 Å². The molecule has 0 spiro atoms. The third kappa shape index (κ3) is 4.07. The van der Waals surface area contributed by atoms with E-state index in [1.807, 2.05) is 55.5 Å². The van der Waals surface area contributed by atoms with E-state index in [-0.39, 0.29) is 11.9 Å². The number of methoxy groups -OCH3 is 1. The van der Waals surface area contributed by atoms with E-state index in [4.69, 9.17) is 10.5 Å². The van der Waals surface area contributed by atoms with Crippen molar-refractivity contribution in [1.82, 2.24) is 0 Å². The Morgan fingerprint density at radius 3 is 2.48 bits per heavy atom. The van der Waals surface area contributed by atoms with Gasteiger partial charge in [-0.1, -0.05) is 30.3 Å². The molecule has 0 bridgehead atoms. The van der Waals surface area contributed by atoms with E-state index in [9.17, 15) is 4.79 Å². The first kappa shape index (κ1) is 15.1. The molecule has 110 valence electrons. The molecule has 1 amide bonds. The number of amides is 1. The highest BCUT2D eigenvalue weighted by Crippen LogP contribution is 2.21. The van der Waals surface area contributed by atoms with Crippen LogP contribution in [0.2, 0.25) is 0 Å². The molecule has 21 heavy (non-hydrogen) atoms. The lowest BCUT2D eigenvalue weighted by Gasteiger charge is -2.13. The molecular weight excluding hydrogens is 264 g/mol. The number of ether oxygens (including phenoxy) is 1. The monoisotopic (exact) mass is 284 g/mol. The van der Waals surface area contributed by atoms with Crippen LogP contribution in [0.3, 0.4) is 0 Å². The number of benzene rings is 2. The summed E-state index contributed by atoms with van der Waals surface area (Å²) in [5.41, 5.74) is 8.55. The number of hydrogen-bond acceptors (Lipinski definition) is 3. The summed E-state index contributed by atoms with van der Waals surface area (Å²) in [6.07, 6.45) is 0.317. The summed E-state index contributed by atoms with van der Waals surface area (Å²) in [4.78, 5) is 12.1. The zero-order valence-electron chi connectivity index (χ0n) is 12.3. The molecule has 2 rings (SSSR count). The third-order valence-corrected chi connectivity index (χ3v) is 3.25. The quantitative estimate of drug-likeness (QED) is 0.887. The summed E-state index contributed by atoms with van der Waals surface area (Å²) in [6.45, 7) is 1.90. The Bertz CT molecular complexity index is 606. The highest BCUT2D eigenvalue weighted by atomic mass is 16.5. The topological polar surface area (TPSA) is 64.3 Å². The second-order valence-corrected chi connectivity index (χ2v) is 4.95. The van der Waals surface area contributed by atoms with E-state index in [1.54, 1.807) is 7.11 Å². The van der Waals surface area contributed by atoms with Gasteiger partial charge in [-0.2, -0.15) is 0 Å². The molecule has 0 saturated heterocycles. The van der Waals surface area contributed by atoms with Gasteiger partial charge in [-0.3, -0.25) is 4.79 Å². The highest BCUT2D eigenvalue weighted by molar-refractivity contribution is 5.93. The van der Waals surface area contributed by atoms with Crippen molar-refractivity contribution < 1.29 is 9.53 Å². The molecule has 0 radical (unpaired) electrons. The number of anilines is 1. The van der Waals surface area contributed by atoms with Crippen molar-refractivity contribution in [3.63, 3.8) is 0 Å². The maximum atomic E-state index is 12.1. The fraction of sp³-hybridized carbons (Fsp3) is 0.235. The zero-order valence-corrected chi connectivity index (χ0v) is 12.3. The molecular formula is C17H20N2O2. The number of para-hydroxylation sites is 1. The van der Waals surface area contributed by atoms with Crippen LogP contribution >= 0.6 is 0 Å². The Labute approximate surface area is 124 Å². The van der Waals surface area contributed by atoms with E-state index >= 15 is 0 Å². The van der Waals surface area contributed by atoms with Crippen molar-refractivity contribution in [2.45, 2.75) is 19.4 Å². The van der Waals surface area contributed by atoms with Gasteiger partial charge in [0, 0.05) is 11.7 Å². The van der Waals surface area contributed by atoms with E-state index in [2.05, 4.69) is 5.32 Å². The number of hydrogen-bond donors (Lipinski definition) is 2. The lowest BCUT2D eigenvalue weighted by atomic mass is 10.1. The van der Waals surface area contributed by atoms with Gasteiger partial charge in [-0.15, -0.1) is 0 Å². The summed E-state index contributed by atoms with van der Waals surface area (Å²) in [7, 11) is 1.62. The van der Waals surface area contributed by atoms with Crippen LogP contribution < -0.4 is 15.8 Å². The first-order chi connectivity index (χ1) is 10.1. The van der Waals surface area contributed by atoms with Crippen molar-refractivity contribution in [3.05, 3.63) is 59.7 Å². The number of carbonyl (C=O) groups is 1. The van der Waals surface area contributed by atoms with E-state index in [0.29, 0.717) is 6.42 Å². The van der Waals surface area contributed by atoms with Gasteiger partial charge in [-0.05, 0) is 36.2 Å². The number of nitrogens with one attached hydrogen (secondary N) is 1. The van der Waals surface area contributed by atoms with Gasteiger partial charge in [0.2, 0.25) is 5.91 Å². The second-order valence-electron chi connectivity index (χ2n) is 4.95. The Kier molecular flexibility index (Phi) is 4.95. The molecule has 0 aromatic heterocycles. The molecule has 0 fully saturated rings. The Morgan fingerprint density at radius 1 is 1.19 bits per heavy atom. The lowest BCUT2D eigenvalue weighted by molar-refractivity contribution is -0.115. The predicted octanol–water partition coefficient (Wildman–Crippen LogP) is 2.90.